The lowest BCUT2D eigenvalue weighted by Gasteiger charge is -2.21. The second kappa shape index (κ2) is 7.09. The van der Waals surface area contributed by atoms with Gasteiger partial charge in [0.25, 0.3) is 0 Å². The molecule has 20 heavy (non-hydrogen) atoms. The summed E-state index contributed by atoms with van der Waals surface area (Å²) in [7, 11) is 0. The summed E-state index contributed by atoms with van der Waals surface area (Å²) in [6, 6.07) is 5.82. The molecule has 4 heteroatoms. The van der Waals surface area contributed by atoms with Gasteiger partial charge in [0.2, 0.25) is 5.91 Å². The highest BCUT2D eigenvalue weighted by atomic mass is 16.5. The minimum Gasteiger partial charge on any atom is -0.381 e. The smallest absolute Gasteiger partial charge is 0.227 e. The van der Waals surface area contributed by atoms with Crippen molar-refractivity contribution in [3.63, 3.8) is 0 Å². The summed E-state index contributed by atoms with van der Waals surface area (Å²) in [5.74, 6) is 5.92. The number of anilines is 1. The number of carbonyl (C=O) groups is 1. The van der Waals surface area contributed by atoms with Crippen molar-refractivity contribution in [1.29, 1.82) is 0 Å². The van der Waals surface area contributed by atoms with E-state index >= 15 is 0 Å². The number of hydrogen-bond donors (Lipinski definition) is 2. The fraction of sp³-hybridized carbons (Fsp3) is 0.438. The van der Waals surface area contributed by atoms with Crippen molar-refractivity contribution in [2.24, 2.45) is 11.7 Å². The molecule has 2 rings (SSSR count). The van der Waals surface area contributed by atoms with Crippen molar-refractivity contribution in [3.05, 3.63) is 29.3 Å². The van der Waals surface area contributed by atoms with Gasteiger partial charge in [0.1, 0.15) is 0 Å². The Labute approximate surface area is 119 Å². The van der Waals surface area contributed by atoms with Gasteiger partial charge in [0.15, 0.2) is 0 Å². The molecular weight excluding hydrogens is 252 g/mol. The largest absolute Gasteiger partial charge is 0.381 e. The van der Waals surface area contributed by atoms with E-state index in [0.717, 1.165) is 29.7 Å². The van der Waals surface area contributed by atoms with Crippen LogP contribution in [0.4, 0.5) is 5.69 Å². The lowest BCUT2D eigenvalue weighted by molar-refractivity contribution is -0.122. The normalized spacial score (nSPS) is 15.3. The number of carbonyl (C=O) groups excluding carboxylic acids is 1. The predicted octanol–water partition coefficient (Wildman–Crippen LogP) is 1.67. The van der Waals surface area contributed by atoms with Gasteiger partial charge in [-0.2, -0.15) is 0 Å². The highest BCUT2D eigenvalue weighted by Crippen LogP contribution is 2.20. The molecule has 106 valence electrons. The van der Waals surface area contributed by atoms with Crippen molar-refractivity contribution in [3.8, 4) is 11.8 Å². The summed E-state index contributed by atoms with van der Waals surface area (Å²) in [6.07, 6.45) is 1.56. The lowest BCUT2D eigenvalue weighted by atomic mass is 9.99. The van der Waals surface area contributed by atoms with Crippen LogP contribution < -0.4 is 11.1 Å². The van der Waals surface area contributed by atoms with Crippen LogP contribution in [-0.2, 0) is 9.53 Å². The summed E-state index contributed by atoms with van der Waals surface area (Å²) >= 11 is 0. The maximum Gasteiger partial charge on any atom is 0.227 e. The van der Waals surface area contributed by atoms with Crippen LogP contribution in [0.15, 0.2) is 18.2 Å². The van der Waals surface area contributed by atoms with Crippen LogP contribution in [0.25, 0.3) is 0 Å². The summed E-state index contributed by atoms with van der Waals surface area (Å²) in [6.45, 7) is 3.62. The average molecular weight is 272 g/mol. The molecule has 1 aliphatic heterocycles. The molecule has 0 bridgehead atoms. The molecule has 0 aromatic heterocycles. The summed E-state index contributed by atoms with van der Waals surface area (Å²) in [4.78, 5) is 12.2. The summed E-state index contributed by atoms with van der Waals surface area (Å²) < 4.78 is 5.28. The Morgan fingerprint density at radius 1 is 1.45 bits per heavy atom. The zero-order valence-electron chi connectivity index (χ0n) is 11.7. The summed E-state index contributed by atoms with van der Waals surface area (Å²) in [5.41, 5.74) is 8.09. The second-order valence-corrected chi connectivity index (χ2v) is 4.93. The minimum absolute atomic E-state index is 0.0281. The Bertz CT molecular complexity index is 537. The molecular formula is C16H20N2O2. The molecule has 0 radical (unpaired) electrons. The van der Waals surface area contributed by atoms with Gasteiger partial charge in [-0.3, -0.25) is 4.79 Å². The first-order valence-corrected chi connectivity index (χ1v) is 6.89. The summed E-state index contributed by atoms with van der Waals surface area (Å²) in [5, 5.41) is 2.98. The number of amides is 1. The molecule has 1 fully saturated rings. The Kier molecular flexibility index (Phi) is 5.16. The van der Waals surface area contributed by atoms with Crippen LogP contribution in [0.1, 0.15) is 24.0 Å². The maximum absolute atomic E-state index is 12.2. The Balaban J connectivity index is 2.13. The first kappa shape index (κ1) is 14.6. The van der Waals surface area contributed by atoms with Crippen molar-refractivity contribution in [1.82, 2.24) is 0 Å². The zero-order chi connectivity index (χ0) is 14.4. The van der Waals surface area contributed by atoms with Crippen LogP contribution in [0, 0.1) is 24.7 Å². The molecule has 4 nitrogen and oxygen atoms in total. The molecule has 3 N–H and O–H groups in total. The number of rotatable bonds is 2. The van der Waals surface area contributed by atoms with Crippen molar-refractivity contribution in [2.45, 2.75) is 19.8 Å². The van der Waals surface area contributed by atoms with Crippen LogP contribution in [0.2, 0.25) is 0 Å². The van der Waals surface area contributed by atoms with Gasteiger partial charge in [-0.15, -0.1) is 0 Å². The number of nitrogens with one attached hydrogen (secondary N) is 1. The van der Waals surface area contributed by atoms with Gasteiger partial charge < -0.3 is 15.8 Å². The molecule has 1 amide bonds. The molecule has 0 saturated carbocycles. The SMILES string of the molecule is Cc1ccc(NC(=O)C2CCOCC2)c(C#CCN)c1. The fourth-order valence-corrected chi connectivity index (χ4v) is 2.21. The minimum atomic E-state index is 0.0281. The van der Waals surface area contributed by atoms with Crippen LogP contribution >= 0.6 is 0 Å². The van der Waals surface area contributed by atoms with E-state index in [1.807, 2.05) is 25.1 Å². The third-order valence-electron chi connectivity index (χ3n) is 3.35. The first-order chi connectivity index (χ1) is 9.70. The molecule has 1 aromatic carbocycles. The fourth-order valence-electron chi connectivity index (χ4n) is 2.21. The molecule has 1 heterocycles. The Hall–Kier alpha value is -1.83. The van der Waals surface area contributed by atoms with E-state index in [1.165, 1.54) is 0 Å². The van der Waals surface area contributed by atoms with Crippen LogP contribution in [-0.4, -0.2) is 25.7 Å². The van der Waals surface area contributed by atoms with E-state index < -0.39 is 0 Å². The molecule has 1 aromatic rings. The van der Waals surface area contributed by atoms with Crippen molar-refractivity contribution >= 4 is 11.6 Å². The number of hydrogen-bond acceptors (Lipinski definition) is 3. The molecule has 1 saturated heterocycles. The van der Waals surface area contributed by atoms with Crippen LogP contribution in [0.3, 0.4) is 0 Å². The van der Waals surface area contributed by atoms with E-state index in [4.69, 9.17) is 10.5 Å². The predicted molar refractivity (Wildman–Crippen MR) is 79.3 cm³/mol. The van der Waals surface area contributed by atoms with E-state index in [0.29, 0.717) is 19.8 Å². The zero-order valence-corrected chi connectivity index (χ0v) is 11.7. The quantitative estimate of drug-likeness (QED) is 0.805. The van der Waals surface area contributed by atoms with Crippen molar-refractivity contribution < 1.29 is 9.53 Å². The standard InChI is InChI=1S/C16H20N2O2/c1-12-4-5-15(14(11-12)3-2-8-17)18-16(19)13-6-9-20-10-7-13/h4-5,11,13H,6-10,17H2,1H3,(H,18,19). The molecule has 0 unspecified atom stereocenters. The first-order valence-electron chi connectivity index (χ1n) is 6.89. The van der Waals surface area contributed by atoms with Gasteiger partial charge in [0, 0.05) is 24.7 Å². The monoisotopic (exact) mass is 272 g/mol. The van der Waals surface area contributed by atoms with Gasteiger partial charge in [-0.25, -0.2) is 0 Å². The van der Waals surface area contributed by atoms with E-state index in [2.05, 4.69) is 17.2 Å². The third kappa shape index (κ3) is 3.83. The van der Waals surface area contributed by atoms with E-state index in [9.17, 15) is 4.79 Å². The van der Waals surface area contributed by atoms with Gasteiger partial charge in [-0.05, 0) is 37.5 Å². The maximum atomic E-state index is 12.2. The topological polar surface area (TPSA) is 64.3 Å². The Morgan fingerprint density at radius 3 is 2.90 bits per heavy atom. The van der Waals surface area contributed by atoms with Gasteiger partial charge in [-0.1, -0.05) is 17.9 Å². The third-order valence-corrected chi connectivity index (χ3v) is 3.35. The van der Waals surface area contributed by atoms with E-state index in [1.54, 1.807) is 0 Å². The van der Waals surface area contributed by atoms with Gasteiger partial charge >= 0.3 is 0 Å². The number of benzene rings is 1. The highest BCUT2D eigenvalue weighted by Gasteiger charge is 2.22. The molecule has 0 aliphatic carbocycles. The molecule has 1 aliphatic rings. The molecule has 0 atom stereocenters. The second-order valence-electron chi connectivity index (χ2n) is 4.93. The average Bonchev–Trinajstić information content (AvgIpc) is 2.48. The number of nitrogens with two attached hydrogens (primary N) is 1. The molecule has 0 spiro atoms. The van der Waals surface area contributed by atoms with Gasteiger partial charge in [0.05, 0.1) is 12.2 Å². The van der Waals surface area contributed by atoms with Crippen LogP contribution in [0.5, 0.6) is 0 Å². The Morgan fingerprint density at radius 2 is 2.20 bits per heavy atom. The highest BCUT2D eigenvalue weighted by molar-refractivity contribution is 5.94. The van der Waals surface area contributed by atoms with E-state index in [-0.39, 0.29) is 11.8 Å². The number of ether oxygens (including phenoxy) is 1. The van der Waals surface area contributed by atoms with Crippen molar-refractivity contribution in [2.75, 3.05) is 25.1 Å². The lowest BCUT2D eigenvalue weighted by Crippen LogP contribution is -2.28. The number of aryl methyl sites for hydroxylation is 1.